The third-order valence-corrected chi connectivity index (χ3v) is 3.82. The van der Waals surface area contributed by atoms with E-state index in [1.54, 1.807) is 19.1 Å². The van der Waals surface area contributed by atoms with E-state index >= 15 is 0 Å². The van der Waals surface area contributed by atoms with Gasteiger partial charge in [-0.25, -0.2) is 0 Å². The summed E-state index contributed by atoms with van der Waals surface area (Å²) in [5.74, 6) is 0. The Bertz CT molecular complexity index is 456. The molecule has 0 atom stereocenters. The Morgan fingerprint density at radius 2 is 2.11 bits per heavy atom. The van der Waals surface area contributed by atoms with Gasteiger partial charge in [-0.15, -0.1) is 0 Å². The molecule has 19 heavy (non-hydrogen) atoms. The fourth-order valence-electron chi connectivity index (χ4n) is 2.87. The van der Waals surface area contributed by atoms with Crippen molar-refractivity contribution in [1.29, 1.82) is 0 Å². The molecule has 0 aliphatic heterocycles. The number of aryl methyl sites for hydroxylation is 1. The van der Waals surface area contributed by atoms with Gasteiger partial charge in [0.2, 0.25) is 0 Å². The quantitative estimate of drug-likeness (QED) is 0.656. The van der Waals surface area contributed by atoms with Crippen molar-refractivity contribution in [3.05, 3.63) is 33.9 Å². The van der Waals surface area contributed by atoms with Crippen LogP contribution in [0.5, 0.6) is 0 Å². The van der Waals surface area contributed by atoms with Crippen molar-refractivity contribution in [2.45, 2.75) is 38.6 Å². The molecule has 1 aromatic rings. The number of nitrogens with zero attached hydrogens (tertiary/aromatic N) is 2. The lowest BCUT2D eigenvalue weighted by Gasteiger charge is -2.30. The molecule has 0 amide bonds. The van der Waals surface area contributed by atoms with Gasteiger partial charge < -0.3 is 10.0 Å². The van der Waals surface area contributed by atoms with E-state index in [9.17, 15) is 15.2 Å². The van der Waals surface area contributed by atoms with Gasteiger partial charge in [0, 0.05) is 29.9 Å². The molecule has 1 N–H and O–H groups in total. The molecule has 1 saturated carbocycles. The summed E-state index contributed by atoms with van der Waals surface area (Å²) in [7, 11) is 0. The van der Waals surface area contributed by atoms with E-state index in [4.69, 9.17) is 0 Å². The van der Waals surface area contributed by atoms with Gasteiger partial charge in [-0.2, -0.15) is 0 Å². The van der Waals surface area contributed by atoms with Crippen molar-refractivity contribution in [2.24, 2.45) is 0 Å². The molecule has 1 aliphatic carbocycles. The highest BCUT2D eigenvalue weighted by Crippen LogP contribution is 2.30. The van der Waals surface area contributed by atoms with Crippen LogP contribution in [0, 0.1) is 17.0 Å². The number of nitro benzene ring substituents is 1. The molecular formula is C14H20N2O3. The highest BCUT2D eigenvalue weighted by molar-refractivity contribution is 5.56. The van der Waals surface area contributed by atoms with E-state index in [2.05, 4.69) is 4.90 Å². The Morgan fingerprint density at radius 1 is 1.42 bits per heavy atom. The van der Waals surface area contributed by atoms with Crippen LogP contribution < -0.4 is 4.90 Å². The second-order valence-electron chi connectivity index (χ2n) is 5.08. The second kappa shape index (κ2) is 6.02. The maximum atomic E-state index is 10.8. The molecule has 0 heterocycles. The predicted molar refractivity (Wildman–Crippen MR) is 74.5 cm³/mol. The summed E-state index contributed by atoms with van der Waals surface area (Å²) in [6.07, 6.45) is 4.71. The molecular weight excluding hydrogens is 244 g/mol. The minimum atomic E-state index is -0.356. The Labute approximate surface area is 113 Å². The SMILES string of the molecule is Cc1cc(N(CCO)C2CCCC2)ccc1[N+](=O)[O-]. The van der Waals surface area contributed by atoms with Crippen LogP contribution in [0.1, 0.15) is 31.2 Å². The predicted octanol–water partition coefficient (Wildman–Crippen LogP) is 2.64. The van der Waals surface area contributed by atoms with Crippen LogP contribution in [0.2, 0.25) is 0 Å². The van der Waals surface area contributed by atoms with Gasteiger partial charge >= 0.3 is 0 Å². The number of benzene rings is 1. The van der Waals surface area contributed by atoms with Gasteiger partial charge in [0.25, 0.3) is 5.69 Å². The fourth-order valence-corrected chi connectivity index (χ4v) is 2.87. The van der Waals surface area contributed by atoms with E-state index in [1.165, 1.54) is 12.8 Å². The van der Waals surface area contributed by atoms with Crippen LogP contribution in [-0.2, 0) is 0 Å². The average molecular weight is 264 g/mol. The van der Waals surface area contributed by atoms with Crippen molar-refractivity contribution in [3.63, 3.8) is 0 Å². The maximum Gasteiger partial charge on any atom is 0.272 e. The minimum absolute atomic E-state index is 0.104. The molecule has 5 heteroatoms. The Hall–Kier alpha value is -1.62. The Kier molecular flexibility index (Phi) is 4.37. The van der Waals surface area contributed by atoms with E-state index in [0.717, 1.165) is 18.5 Å². The van der Waals surface area contributed by atoms with E-state index < -0.39 is 0 Å². The van der Waals surface area contributed by atoms with Gasteiger partial charge in [-0.1, -0.05) is 12.8 Å². The Morgan fingerprint density at radius 3 is 2.63 bits per heavy atom. The minimum Gasteiger partial charge on any atom is -0.395 e. The van der Waals surface area contributed by atoms with Gasteiger partial charge in [0.05, 0.1) is 11.5 Å². The summed E-state index contributed by atoms with van der Waals surface area (Å²) in [6, 6.07) is 5.66. The molecule has 0 spiro atoms. The molecule has 1 aliphatic rings. The highest BCUT2D eigenvalue weighted by Gasteiger charge is 2.23. The van der Waals surface area contributed by atoms with Crippen molar-refractivity contribution in [2.75, 3.05) is 18.1 Å². The summed E-state index contributed by atoms with van der Waals surface area (Å²) < 4.78 is 0. The fraction of sp³-hybridized carbons (Fsp3) is 0.571. The zero-order valence-corrected chi connectivity index (χ0v) is 11.2. The zero-order valence-electron chi connectivity index (χ0n) is 11.2. The summed E-state index contributed by atoms with van der Waals surface area (Å²) in [5, 5.41) is 20.1. The molecule has 0 saturated heterocycles. The first-order chi connectivity index (χ1) is 9.13. The molecule has 0 radical (unpaired) electrons. The number of hydrogen-bond donors (Lipinski definition) is 1. The number of anilines is 1. The summed E-state index contributed by atoms with van der Waals surface area (Å²) in [4.78, 5) is 12.7. The Balaban J connectivity index is 2.26. The van der Waals surface area contributed by atoms with E-state index in [1.807, 2.05) is 6.07 Å². The van der Waals surface area contributed by atoms with Crippen molar-refractivity contribution in [3.8, 4) is 0 Å². The molecule has 5 nitrogen and oxygen atoms in total. The first-order valence-electron chi connectivity index (χ1n) is 6.76. The topological polar surface area (TPSA) is 66.6 Å². The van der Waals surface area contributed by atoms with E-state index in [0.29, 0.717) is 18.2 Å². The van der Waals surface area contributed by atoms with Gasteiger partial charge in [-0.05, 0) is 31.9 Å². The highest BCUT2D eigenvalue weighted by atomic mass is 16.6. The average Bonchev–Trinajstić information content (AvgIpc) is 2.89. The summed E-state index contributed by atoms with van der Waals surface area (Å²) >= 11 is 0. The van der Waals surface area contributed by atoms with Crippen molar-refractivity contribution < 1.29 is 10.0 Å². The monoisotopic (exact) mass is 264 g/mol. The molecule has 104 valence electrons. The summed E-state index contributed by atoms with van der Waals surface area (Å²) in [6.45, 7) is 2.45. The van der Waals surface area contributed by atoms with Crippen LogP contribution in [0.25, 0.3) is 0 Å². The van der Waals surface area contributed by atoms with Crippen LogP contribution >= 0.6 is 0 Å². The van der Waals surface area contributed by atoms with Crippen molar-refractivity contribution in [1.82, 2.24) is 0 Å². The second-order valence-corrected chi connectivity index (χ2v) is 5.08. The van der Waals surface area contributed by atoms with Crippen LogP contribution in [0.4, 0.5) is 11.4 Å². The standard InChI is InChI=1S/C14H20N2O3/c1-11-10-13(6-7-14(11)16(18)19)15(8-9-17)12-4-2-3-5-12/h6-7,10,12,17H,2-5,8-9H2,1H3. The molecule has 2 rings (SSSR count). The molecule has 0 bridgehead atoms. The first-order valence-corrected chi connectivity index (χ1v) is 6.76. The van der Waals surface area contributed by atoms with E-state index in [-0.39, 0.29) is 17.2 Å². The maximum absolute atomic E-state index is 10.8. The molecule has 0 unspecified atom stereocenters. The zero-order chi connectivity index (χ0) is 13.8. The largest absolute Gasteiger partial charge is 0.395 e. The third kappa shape index (κ3) is 3.04. The first kappa shape index (κ1) is 13.8. The number of hydrogen-bond acceptors (Lipinski definition) is 4. The number of rotatable bonds is 5. The van der Waals surface area contributed by atoms with Crippen LogP contribution in [-0.4, -0.2) is 29.2 Å². The normalized spacial score (nSPS) is 15.7. The van der Waals surface area contributed by atoms with Crippen molar-refractivity contribution >= 4 is 11.4 Å². The lowest BCUT2D eigenvalue weighted by atomic mass is 10.1. The number of nitro groups is 1. The van der Waals surface area contributed by atoms with Gasteiger partial charge in [0.1, 0.15) is 0 Å². The van der Waals surface area contributed by atoms with Crippen LogP contribution in [0.15, 0.2) is 18.2 Å². The third-order valence-electron chi connectivity index (χ3n) is 3.82. The number of aliphatic hydroxyl groups excluding tert-OH is 1. The smallest absolute Gasteiger partial charge is 0.272 e. The number of aliphatic hydroxyl groups is 1. The van der Waals surface area contributed by atoms with Gasteiger partial charge in [0.15, 0.2) is 0 Å². The molecule has 0 aromatic heterocycles. The molecule has 1 fully saturated rings. The lowest BCUT2D eigenvalue weighted by molar-refractivity contribution is -0.385. The molecule has 1 aromatic carbocycles. The lowest BCUT2D eigenvalue weighted by Crippen LogP contribution is -2.35. The van der Waals surface area contributed by atoms with Gasteiger partial charge in [-0.3, -0.25) is 10.1 Å². The summed E-state index contributed by atoms with van der Waals surface area (Å²) in [5.41, 5.74) is 1.80. The van der Waals surface area contributed by atoms with Crippen LogP contribution in [0.3, 0.4) is 0 Å².